The van der Waals surface area contributed by atoms with E-state index in [0.29, 0.717) is 0 Å². The molecule has 0 heterocycles. The normalized spacial score (nSPS) is 5.25. The summed E-state index contributed by atoms with van der Waals surface area (Å²) in [5.41, 5.74) is 0. The molecule has 0 amide bonds. The summed E-state index contributed by atoms with van der Waals surface area (Å²) in [4.78, 5) is 0. The van der Waals surface area contributed by atoms with Crippen molar-refractivity contribution in [3.63, 3.8) is 0 Å². The van der Waals surface area contributed by atoms with Gasteiger partial charge in [0.25, 0.3) is 0 Å². The van der Waals surface area contributed by atoms with Crippen LogP contribution in [0.3, 0.4) is 0 Å². The Hall–Kier alpha value is 0.840. The zero-order valence-electron chi connectivity index (χ0n) is 2.36. The molecule has 0 saturated heterocycles. The van der Waals surface area contributed by atoms with E-state index in [9.17, 15) is 0 Å². The van der Waals surface area contributed by atoms with Crippen LogP contribution in [-0.4, -0.2) is 26.4 Å². The molecular weight excluding hydrogens is 81.1 g/mol. The Morgan fingerprint density at radius 1 is 2.00 bits per heavy atom. The minimum atomic E-state index is 0.945. The Labute approximate surface area is 44.8 Å². The van der Waals surface area contributed by atoms with Gasteiger partial charge in [-0.3, -0.25) is 0 Å². The fourth-order valence-corrected chi connectivity index (χ4v) is 0. The average Bonchev–Trinajstić information content (AvgIpc) is 1.37. The van der Waals surface area contributed by atoms with Crippen molar-refractivity contribution < 1.29 is 0 Å². The molecule has 0 aromatic carbocycles. The maximum absolute atomic E-state index is 7.62. The second-order valence-electron chi connectivity index (χ2n) is 0.295. The molecule has 0 fully saturated rings. The molecule has 0 aliphatic carbocycles. The van der Waals surface area contributed by atoms with Crippen molar-refractivity contribution in [3.05, 3.63) is 0 Å². The SMILES string of the molecule is N#C[S][Na]. The van der Waals surface area contributed by atoms with Gasteiger partial charge in [0.1, 0.15) is 0 Å². The van der Waals surface area contributed by atoms with Crippen LogP contribution in [0.25, 0.3) is 0 Å². The molecule has 0 aromatic rings. The second-order valence-corrected chi connectivity index (χ2v) is 2.11. The van der Waals surface area contributed by atoms with Crippen molar-refractivity contribution in [1.29, 1.82) is 5.26 Å². The predicted octanol–water partition coefficient (Wildman–Crippen LogP) is 0.284. The third kappa shape index (κ3) is 2.84. The molecule has 0 atom stereocenters. The van der Waals surface area contributed by atoms with Gasteiger partial charge in [0.05, 0.1) is 0 Å². The Kier molecular flexibility index (Phi) is 4.65. The van der Waals surface area contributed by atoms with E-state index in [0.717, 1.165) is 26.4 Å². The monoisotopic (exact) mass is 81.0 g/mol. The number of nitrogens with zero attached hydrogens (tertiary/aromatic N) is 1. The van der Waals surface area contributed by atoms with Gasteiger partial charge >= 0.3 is 44.9 Å². The van der Waals surface area contributed by atoms with E-state index in [1.165, 1.54) is 7.88 Å². The summed E-state index contributed by atoms with van der Waals surface area (Å²) in [6.45, 7) is 0. The maximum atomic E-state index is 7.62. The number of thiocyanates is 1. The molecule has 4 heavy (non-hydrogen) atoms. The third-order valence-corrected chi connectivity index (χ3v) is 0.822. The first-order chi connectivity index (χ1) is 1.91. The van der Waals surface area contributed by atoms with Gasteiger partial charge in [-0.1, -0.05) is 0 Å². The second kappa shape index (κ2) is 3.84. The molecule has 0 aromatic heterocycles. The van der Waals surface area contributed by atoms with Crippen LogP contribution in [0.1, 0.15) is 0 Å². The molecule has 0 aliphatic heterocycles. The van der Waals surface area contributed by atoms with E-state index in [1.807, 2.05) is 5.40 Å². The predicted molar refractivity (Wildman–Crippen MR) is 19.0 cm³/mol. The van der Waals surface area contributed by atoms with Crippen LogP contribution in [-0.2, 0) is 0 Å². The Morgan fingerprint density at radius 2 is 2.25 bits per heavy atom. The Morgan fingerprint density at radius 3 is 2.25 bits per heavy atom. The van der Waals surface area contributed by atoms with Crippen LogP contribution in [0, 0.1) is 10.7 Å². The van der Waals surface area contributed by atoms with Gasteiger partial charge in [-0.2, -0.15) is 0 Å². The number of nitriles is 1. The summed E-state index contributed by atoms with van der Waals surface area (Å²) in [6, 6.07) is 0. The molecule has 3 heteroatoms. The number of hydrogen-bond donors (Lipinski definition) is 0. The molecular formula is CNNaS. The third-order valence-electron chi connectivity index (χ3n) is 0.0913. The van der Waals surface area contributed by atoms with E-state index >= 15 is 0 Å². The summed E-state index contributed by atoms with van der Waals surface area (Å²) < 4.78 is 0. The van der Waals surface area contributed by atoms with Gasteiger partial charge in [-0.25, -0.2) is 0 Å². The summed E-state index contributed by atoms with van der Waals surface area (Å²) in [6.07, 6.45) is 0. The standard InChI is InChI=1S/CHNS.Na/c2-1-3;/h3H;/q;+1/p-1. The van der Waals surface area contributed by atoms with Crippen LogP contribution in [0.2, 0.25) is 0 Å². The summed E-state index contributed by atoms with van der Waals surface area (Å²) in [5.74, 6) is 0. The molecule has 0 spiro atoms. The minimum absolute atomic E-state index is 0.945. The summed E-state index contributed by atoms with van der Waals surface area (Å²) in [5, 5.41) is 9.53. The van der Waals surface area contributed by atoms with Gasteiger partial charge in [-0.15, -0.1) is 0 Å². The first kappa shape index (κ1) is 4.84. The molecule has 16 valence electrons. The molecule has 0 radical (unpaired) electrons. The molecule has 0 rings (SSSR count). The Bertz CT molecular complexity index is 37.8. The quantitative estimate of drug-likeness (QED) is 0.309. The van der Waals surface area contributed by atoms with Crippen LogP contribution >= 0.6 is 7.88 Å². The van der Waals surface area contributed by atoms with Crippen molar-refractivity contribution in [2.24, 2.45) is 0 Å². The number of hydrogen-bond acceptors (Lipinski definition) is 2. The zero-order valence-corrected chi connectivity index (χ0v) is 5.17. The van der Waals surface area contributed by atoms with Crippen LogP contribution < -0.4 is 0 Å². The van der Waals surface area contributed by atoms with Gasteiger partial charge in [0.2, 0.25) is 0 Å². The van der Waals surface area contributed by atoms with Crippen LogP contribution in [0.4, 0.5) is 0 Å². The van der Waals surface area contributed by atoms with Crippen molar-refractivity contribution in [3.8, 4) is 5.40 Å². The van der Waals surface area contributed by atoms with Crippen molar-refractivity contribution in [1.82, 2.24) is 0 Å². The van der Waals surface area contributed by atoms with Gasteiger partial charge in [-0.05, 0) is 0 Å². The van der Waals surface area contributed by atoms with Crippen LogP contribution in [0.15, 0.2) is 0 Å². The topological polar surface area (TPSA) is 23.8 Å². The van der Waals surface area contributed by atoms with Gasteiger partial charge < -0.3 is 0 Å². The number of rotatable bonds is 0. The summed E-state index contributed by atoms with van der Waals surface area (Å²) >= 11 is 0.945. The Balaban J connectivity index is 2.43. The van der Waals surface area contributed by atoms with Gasteiger partial charge in [0, 0.05) is 0 Å². The van der Waals surface area contributed by atoms with Crippen molar-refractivity contribution >= 4 is 34.2 Å². The fourth-order valence-electron chi connectivity index (χ4n) is 0. The fraction of sp³-hybridized carbons (Fsp3) is 0. The van der Waals surface area contributed by atoms with E-state index < -0.39 is 0 Å². The first-order valence-corrected chi connectivity index (χ1v) is 4.51. The first-order valence-electron chi connectivity index (χ1n) is 0.836. The van der Waals surface area contributed by atoms with E-state index in [-0.39, 0.29) is 0 Å². The van der Waals surface area contributed by atoms with E-state index in [4.69, 9.17) is 5.26 Å². The molecule has 0 unspecified atom stereocenters. The molecule has 0 saturated carbocycles. The molecule has 0 bridgehead atoms. The van der Waals surface area contributed by atoms with Crippen LogP contribution in [0.5, 0.6) is 0 Å². The van der Waals surface area contributed by atoms with E-state index in [1.54, 1.807) is 0 Å². The molecule has 1 nitrogen and oxygen atoms in total. The van der Waals surface area contributed by atoms with Crippen molar-refractivity contribution in [2.75, 3.05) is 0 Å². The zero-order chi connectivity index (χ0) is 3.41. The van der Waals surface area contributed by atoms with E-state index in [2.05, 4.69) is 0 Å². The molecule has 0 N–H and O–H groups in total. The summed E-state index contributed by atoms with van der Waals surface area (Å²) in [7, 11) is 1.30. The van der Waals surface area contributed by atoms with Gasteiger partial charge in [0.15, 0.2) is 0 Å². The average molecular weight is 81.1 g/mol. The van der Waals surface area contributed by atoms with Crippen molar-refractivity contribution in [2.45, 2.75) is 0 Å². The molecule has 0 aliphatic rings.